The second-order valence-corrected chi connectivity index (χ2v) is 5.17. The van der Waals surface area contributed by atoms with Crippen molar-refractivity contribution in [1.29, 1.82) is 0 Å². The lowest BCUT2D eigenvalue weighted by molar-refractivity contribution is 0.0472. The zero-order valence-electron chi connectivity index (χ0n) is 11.7. The van der Waals surface area contributed by atoms with Gasteiger partial charge in [-0.2, -0.15) is 0 Å². The normalized spacial score (nSPS) is 17.2. The molecule has 0 amide bonds. The molecule has 1 aliphatic carbocycles. The van der Waals surface area contributed by atoms with Crippen molar-refractivity contribution in [2.45, 2.75) is 37.7 Å². The number of methoxy groups -OCH3 is 1. The van der Waals surface area contributed by atoms with E-state index >= 15 is 0 Å². The number of rotatable bonds is 8. The SMILES string of the molecule is COCCOCCC(O)c1ccccc1C1CCC1. The first-order chi connectivity index (χ1) is 9.33. The van der Waals surface area contributed by atoms with Crippen molar-refractivity contribution in [3.63, 3.8) is 0 Å². The monoisotopic (exact) mass is 264 g/mol. The summed E-state index contributed by atoms with van der Waals surface area (Å²) in [6.07, 6.45) is 4.06. The Balaban J connectivity index is 1.85. The van der Waals surface area contributed by atoms with Gasteiger partial charge in [0.25, 0.3) is 0 Å². The maximum Gasteiger partial charge on any atom is 0.0814 e. The molecule has 0 radical (unpaired) electrons. The van der Waals surface area contributed by atoms with Crippen molar-refractivity contribution in [3.8, 4) is 0 Å². The number of hydrogen-bond donors (Lipinski definition) is 1. The Hall–Kier alpha value is -0.900. The van der Waals surface area contributed by atoms with Crippen LogP contribution in [0, 0.1) is 0 Å². The molecular weight excluding hydrogens is 240 g/mol. The van der Waals surface area contributed by atoms with E-state index in [1.807, 2.05) is 12.1 Å². The molecule has 1 unspecified atom stereocenters. The van der Waals surface area contributed by atoms with Gasteiger partial charge in [0, 0.05) is 20.1 Å². The van der Waals surface area contributed by atoms with Crippen LogP contribution in [0.1, 0.15) is 48.8 Å². The van der Waals surface area contributed by atoms with Gasteiger partial charge in [0.15, 0.2) is 0 Å². The average Bonchev–Trinajstić information content (AvgIpc) is 2.37. The smallest absolute Gasteiger partial charge is 0.0814 e. The molecule has 2 rings (SSSR count). The number of aliphatic hydroxyl groups is 1. The lowest BCUT2D eigenvalue weighted by Gasteiger charge is -2.29. The summed E-state index contributed by atoms with van der Waals surface area (Å²) < 4.78 is 10.3. The van der Waals surface area contributed by atoms with Gasteiger partial charge in [-0.3, -0.25) is 0 Å². The lowest BCUT2D eigenvalue weighted by atomic mass is 9.77. The Morgan fingerprint density at radius 3 is 2.68 bits per heavy atom. The predicted molar refractivity (Wildman–Crippen MR) is 75.3 cm³/mol. The molecule has 1 N–H and O–H groups in total. The first-order valence-corrected chi connectivity index (χ1v) is 7.16. The molecule has 0 aliphatic heterocycles. The van der Waals surface area contributed by atoms with Gasteiger partial charge in [0.1, 0.15) is 0 Å². The summed E-state index contributed by atoms with van der Waals surface area (Å²) in [5.41, 5.74) is 2.42. The van der Waals surface area contributed by atoms with Crippen LogP contribution >= 0.6 is 0 Å². The topological polar surface area (TPSA) is 38.7 Å². The van der Waals surface area contributed by atoms with Crippen LogP contribution in [0.5, 0.6) is 0 Å². The fraction of sp³-hybridized carbons (Fsp3) is 0.625. The van der Waals surface area contributed by atoms with E-state index in [2.05, 4.69) is 12.1 Å². The van der Waals surface area contributed by atoms with Crippen LogP contribution < -0.4 is 0 Å². The van der Waals surface area contributed by atoms with Crippen molar-refractivity contribution in [2.24, 2.45) is 0 Å². The first kappa shape index (κ1) is 14.5. The molecule has 1 aromatic carbocycles. The summed E-state index contributed by atoms with van der Waals surface area (Å²) in [6.45, 7) is 1.77. The minimum Gasteiger partial charge on any atom is -0.388 e. The van der Waals surface area contributed by atoms with Gasteiger partial charge in [-0.1, -0.05) is 30.7 Å². The highest BCUT2D eigenvalue weighted by molar-refractivity contribution is 5.33. The molecule has 1 fully saturated rings. The van der Waals surface area contributed by atoms with Crippen molar-refractivity contribution >= 4 is 0 Å². The summed E-state index contributed by atoms with van der Waals surface area (Å²) in [7, 11) is 1.66. The lowest BCUT2D eigenvalue weighted by Crippen LogP contribution is -2.14. The molecule has 3 heteroatoms. The van der Waals surface area contributed by atoms with Crippen LogP contribution in [-0.2, 0) is 9.47 Å². The summed E-state index contributed by atoms with van der Waals surface area (Å²) in [4.78, 5) is 0. The molecule has 0 aromatic heterocycles. The van der Waals surface area contributed by atoms with Crippen LogP contribution in [0.15, 0.2) is 24.3 Å². The Morgan fingerprint density at radius 1 is 1.21 bits per heavy atom. The zero-order valence-corrected chi connectivity index (χ0v) is 11.7. The largest absolute Gasteiger partial charge is 0.388 e. The van der Waals surface area contributed by atoms with Gasteiger partial charge in [-0.05, 0) is 29.9 Å². The number of ether oxygens (including phenoxy) is 2. The van der Waals surface area contributed by atoms with Gasteiger partial charge in [0.2, 0.25) is 0 Å². The minimum absolute atomic E-state index is 0.417. The third-order valence-corrected chi connectivity index (χ3v) is 3.87. The van der Waals surface area contributed by atoms with E-state index in [1.165, 1.54) is 24.8 Å². The Kier molecular flexibility index (Phi) is 5.83. The highest BCUT2D eigenvalue weighted by Gasteiger charge is 2.23. The highest BCUT2D eigenvalue weighted by Crippen LogP contribution is 2.39. The molecule has 0 heterocycles. The van der Waals surface area contributed by atoms with Gasteiger partial charge < -0.3 is 14.6 Å². The molecule has 1 atom stereocenters. The van der Waals surface area contributed by atoms with Crippen molar-refractivity contribution < 1.29 is 14.6 Å². The summed E-state index contributed by atoms with van der Waals surface area (Å²) in [5.74, 6) is 0.653. The number of benzene rings is 1. The molecule has 3 nitrogen and oxygen atoms in total. The Bertz CT molecular complexity index is 374. The van der Waals surface area contributed by atoms with Gasteiger partial charge in [-0.25, -0.2) is 0 Å². The Morgan fingerprint density at radius 2 is 2.00 bits per heavy atom. The number of hydrogen-bond acceptors (Lipinski definition) is 3. The fourth-order valence-electron chi connectivity index (χ4n) is 2.50. The van der Waals surface area contributed by atoms with Crippen LogP contribution in [0.4, 0.5) is 0 Å². The zero-order chi connectivity index (χ0) is 13.5. The van der Waals surface area contributed by atoms with E-state index in [-0.39, 0.29) is 0 Å². The van der Waals surface area contributed by atoms with Crippen LogP contribution in [0.25, 0.3) is 0 Å². The van der Waals surface area contributed by atoms with Crippen molar-refractivity contribution in [2.75, 3.05) is 26.9 Å². The second-order valence-electron chi connectivity index (χ2n) is 5.17. The van der Waals surface area contributed by atoms with Gasteiger partial charge in [-0.15, -0.1) is 0 Å². The van der Waals surface area contributed by atoms with Crippen LogP contribution in [0.3, 0.4) is 0 Å². The molecule has 0 bridgehead atoms. The fourth-order valence-corrected chi connectivity index (χ4v) is 2.50. The number of aliphatic hydroxyl groups excluding tert-OH is 1. The van der Waals surface area contributed by atoms with E-state index in [1.54, 1.807) is 7.11 Å². The maximum atomic E-state index is 10.3. The van der Waals surface area contributed by atoms with Gasteiger partial charge >= 0.3 is 0 Å². The predicted octanol–water partition coefficient (Wildman–Crippen LogP) is 3.04. The summed E-state index contributed by atoms with van der Waals surface area (Å²) >= 11 is 0. The van der Waals surface area contributed by atoms with Gasteiger partial charge in [0.05, 0.1) is 19.3 Å². The maximum absolute atomic E-state index is 10.3. The van der Waals surface area contributed by atoms with E-state index in [0.29, 0.717) is 32.2 Å². The molecule has 106 valence electrons. The molecule has 1 saturated carbocycles. The quantitative estimate of drug-likeness (QED) is 0.733. The van der Waals surface area contributed by atoms with E-state index < -0.39 is 6.10 Å². The van der Waals surface area contributed by atoms with Crippen molar-refractivity contribution in [3.05, 3.63) is 35.4 Å². The highest BCUT2D eigenvalue weighted by atomic mass is 16.5. The van der Waals surface area contributed by atoms with Crippen LogP contribution in [-0.4, -0.2) is 32.0 Å². The summed E-state index contributed by atoms with van der Waals surface area (Å²) in [6, 6.07) is 8.28. The van der Waals surface area contributed by atoms with E-state index in [9.17, 15) is 5.11 Å². The molecular formula is C16H24O3. The van der Waals surface area contributed by atoms with E-state index in [0.717, 1.165) is 5.56 Å². The molecule has 1 aliphatic rings. The molecule has 1 aromatic rings. The van der Waals surface area contributed by atoms with Crippen molar-refractivity contribution in [1.82, 2.24) is 0 Å². The third kappa shape index (κ3) is 4.03. The standard InChI is InChI=1S/C16H24O3/c1-18-11-12-19-10-9-16(17)15-8-3-2-7-14(15)13-5-4-6-13/h2-3,7-8,13,16-17H,4-6,9-12H2,1H3. The summed E-state index contributed by atoms with van der Waals surface area (Å²) in [5, 5.41) is 10.3. The van der Waals surface area contributed by atoms with E-state index in [4.69, 9.17) is 9.47 Å². The first-order valence-electron chi connectivity index (χ1n) is 7.16. The minimum atomic E-state index is -0.417. The third-order valence-electron chi connectivity index (χ3n) is 3.87. The molecule has 19 heavy (non-hydrogen) atoms. The second kappa shape index (κ2) is 7.63. The molecule has 0 spiro atoms. The molecule has 0 saturated heterocycles. The Labute approximate surface area is 115 Å². The van der Waals surface area contributed by atoms with Crippen LogP contribution in [0.2, 0.25) is 0 Å². The average molecular weight is 264 g/mol.